The van der Waals surface area contributed by atoms with E-state index in [9.17, 15) is 58.2 Å². The quantitative estimate of drug-likeness (QED) is 0.0626. The lowest BCUT2D eigenvalue weighted by atomic mass is 9.45. The first-order valence-corrected chi connectivity index (χ1v) is 44.8. The minimum Gasteiger partial charge on any atom is -0.393 e. The molecule has 0 saturated heterocycles. The van der Waals surface area contributed by atoms with Gasteiger partial charge in [-0.25, -0.2) is 27.2 Å². The number of halogens is 3. The van der Waals surface area contributed by atoms with Crippen LogP contribution in [0, 0.1) is 110 Å². The van der Waals surface area contributed by atoms with E-state index in [0.717, 1.165) is 145 Å². The van der Waals surface area contributed by atoms with Crippen molar-refractivity contribution in [3.63, 3.8) is 0 Å². The molecular formula is C100H111F3N12O9. The van der Waals surface area contributed by atoms with Gasteiger partial charge in [-0.05, 0) is 317 Å². The zero-order valence-corrected chi connectivity index (χ0v) is 71.5. The number of fused-ring (bicyclic) bond motifs is 18. The van der Waals surface area contributed by atoms with Crippen LogP contribution in [0.4, 0.5) is 13.2 Å². The highest BCUT2D eigenvalue weighted by molar-refractivity contribution is 5.90. The predicted molar refractivity (Wildman–Crippen MR) is 460 cm³/mol. The van der Waals surface area contributed by atoms with Gasteiger partial charge in [0.2, 0.25) is 0 Å². The van der Waals surface area contributed by atoms with E-state index in [1.807, 2.05) is 103 Å². The standard InChI is InChI=1S/C37H39FN4O3.C32H37FN4O3.C31H35FN4O3/c1-35-17-24-19-40-42(28-11-9-27(38)10-12-28)31(24)16-26(35)8-13-29-30-14-15-37(45,36(30,2)18-32(43)34(29)35)33(44)22-41-21-25(20-39-41)23-6-4-3-5-7-23;1-19-15-34-36(17-19)18-28(39)32(40)11-10-25-24-9-4-21-12-26-20(16-35-37(26)23-7-5-22(33)6-8-23)13-30(21,2)29(24)27(38)14-31(25,32)3;1-29-15-19-17-34-36(22-7-5-21(32)6-8-22)25(19)14-20(29)4-9-23-24-10-11-31(39,27(38)18-35-13-3-12-33-35)30(24,2)16-26(37)28(23)29/h3-7,9-12,16,19-21,29-30,32,34,43,45H,8,13-15,17-18,22H2,1-2H3;5-8,12,15-17,24-25,27,29,38,40H,4,9-11,13-14,18H2,1-3H3;3,5-8,12-14,17,23-24,26,28,37,39H,4,9-11,15-16,18H2,1-2H3/t29?,30?,32-,34?,35?,36?,37-;24?,25?,27-,29?,30?,31?,32-;23?,24?,26-,28?,29?,30?,31-/m000/s1. The molecule has 0 spiro atoms. The van der Waals surface area contributed by atoms with Gasteiger partial charge in [0, 0.05) is 46.6 Å². The molecule has 646 valence electrons. The molecule has 12 aliphatic rings. The van der Waals surface area contributed by atoms with E-state index in [4.69, 9.17) is 0 Å². The normalized spacial score (nSPS) is 35.5. The third kappa shape index (κ3) is 12.7. The van der Waals surface area contributed by atoms with Crippen LogP contribution in [0.5, 0.6) is 0 Å². The summed E-state index contributed by atoms with van der Waals surface area (Å²) in [5, 5.41) is 98.7. The van der Waals surface area contributed by atoms with E-state index in [1.165, 1.54) is 53.1 Å². The monoisotopic (exact) mass is 1680 g/mol. The third-order valence-corrected chi connectivity index (χ3v) is 34.3. The maximum Gasteiger partial charge on any atom is 0.186 e. The Labute approximate surface area is 719 Å². The van der Waals surface area contributed by atoms with Crippen molar-refractivity contribution >= 4 is 35.6 Å². The molecule has 6 heterocycles. The Balaban J connectivity index is 0.000000118. The molecular weight excluding hydrogens is 1570 g/mol. The Hall–Kier alpha value is -10.1. The molecule has 124 heavy (non-hydrogen) atoms. The van der Waals surface area contributed by atoms with Crippen molar-refractivity contribution in [3.05, 3.63) is 238 Å². The van der Waals surface area contributed by atoms with Gasteiger partial charge in [0.25, 0.3) is 0 Å². The Morgan fingerprint density at radius 3 is 1.09 bits per heavy atom. The fraction of sp³-hybridized carbons (Fsp3) is 0.490. The summed E-state index contributed by atoms with van der Waals surface area (Å²) in [4.78, 5) is 41.0. The molecule has 9 saturated carbocycles. The second-order valence-electron chi connectivity index (χ2n) is 40.4. The molecule has 12 aliphatic carbocycles. The van der Waals surface area contributed by atoms with Crippen molar-refractivity contribution in [3.8, 4) is 28.2 Å². The number of hydrogen-bond acceptors (Lipinski definition) is 15. The van der Waals surface area contributed by atoms with Gasteiger partial charge in [-0.1, -0.05) is 88.6 Å². The summed E-state index contributed by atoms with van der Waals surface area (Å²) in [7, 11) is 0. The smallest absolute Gasteiger partial charge is 0.186 e. The third-order valence-electron chi connectivity index (χ3n) is 34.3. The number of rotatable bonds is 13. The minimum atomic E-state index is -1.52. The second-order valence-corrected chi connectivity index (χ2v) is 40.4. The topological polar surface area (TPSA) is 280 Å². The summed E-state index contributed by atoms with van der Waals surface area (Å²) in [5.74, 6) is -0.242. The van der Waals surface area contributed by atoms with E-state index in [1.54, 1.807) is 81.3 Å². The molecule has 4 aromatic carbocycles. The van der Waals surface area contributed by atoms with Crippen LogP contribution in [0.15, 0.2) is 182 Å². The number of allylic oxidation sites excluding steroid dienone is 3. The summed E-state index contributed by atoms with van der Waals surface area (Å²) in [6.45, 7) is 15.0. The Morgan fingerprint density at radius 1 is 0.403 bits per heavy atom. The number of aliphatic hydroxyl groups is 6. The number of Topliss-reactive ketones (excluding diaryl/α,β-unsaturated/α-hetero) is 3. The molecule has 15 unspecified atom stereocenters. The van der Waals surface area contributed by atoms with Gasteiger partial charge in [0.15, 0.2) is 17.3 Å². The lowest BCUT2D eigenvalue weighted by molar-refractivity contribution is -0.180. The Morgan fingerprint density at radius 2 is 0.750 bits per heavy atom. The molecule has 24 heteroatoms. The molecule has 0 aliphatic heterocycles. The molecule has 9 fully saturated rings. The van der Waals surface area contributed by atoms with Crippen LogP contribution in [0.2, 0.25) is 0 Å². The number of hydrogen-bond donors (Lipinski definition) is 6. The lowest BCUT2D eigenvalue weighted by Gasteiger charge is -2.60. The van der Waals surface area contributed by atoms with Crippen LogP contribution in [0.1, 0.15) is 177 Å². The average Bonchev–Trinajstić information content (AvgIpc) is 1.49. The highest BCUT2D eigenvalue weighted by Crippen LogP contribution is 2.72. The van der Waals surface area contributed by atoms with Gasteiger partial charge in [0.1, 0.15) is 53.9 Å². The maximum absolute atomic E-state index is 13.9. The van der Waals surface area contributed by atoms with Crippen molar-refractivity contribution in [1.82, 2.24) is 58.7 Å². The summed E-state index contributed by atoms with van der Waals surface area (Å²) >= 11 is 0. The first-order valence-electron chi connectivity index (χ1n) is 44.8. The summed E-state index contributed by atoms with van der Waals surface area (Å²) < 4.78 is 51.1. The maximum atomic E-state index is 13.9. The summed E-state index contributed by atoms with van der Waals surface area (Å²) in [5.41, 5.74) is 8.59. The van der Waals surface area contributed by atoms with Gasteiger partial charge in [0.05, 0.1) is 83.4 Å². The van der Waals surface area contributed by atoms with Crippen LogP contribution >= 0.6 is 0 Å². The molecule has 0 bridgehead atoms. The van der Waals surface area contributed by atoms with Crippen molar-refractivity contribution in [2.45, 2.75) is 219 Å². The average molecular weight is 1680 g/mol. The van der Waals surface area contributed by atoms with E-state index < -0.39 is 51.4 Å². The Bertz CT molecular complexity index is 5930. The van der Waals surface area contributed by atoms with Crippen molar-refractivity contribution in [2.75, 3.05) is 0 Å². The zero-order chi connectivity index (χ0) is 86.3. The highest BCUT2D eigenvalue weighted by Gasteiger charge is 2.72. The molecule has 0 radical (unpaired) electrons. The molecule has 6 aromatic heterocycles. The van der Waals surface area contributed by atoms with E-state index in [2.05, 4.69) is 69.6 Å². The van der Waals surface area contributed by atoms with Gasteiger partial charge >= 0.3 is 0 Å². The first kappa shape index (κ1) is 82.2. The van der Waals surface area contributed by atoms with Gasteiger partial charge in [-0.2, -0.15) is 30.6 Å². The van der Waals surface area contributed by atoms with Crippen LogP contribution in [0.3, 0.4) is 0 Å². The lowest BCUT2D eigenvalue weighted by Crippen LogP contribution is -2.62. The predicted octanol–water partition coefficient (Wildman–Crippen LogP) is 15.1. The molecule has 10 aromatic rings. The number of carbonyl (C=O) groups is 3. The van der Waals surface area contributed by atoms with Gasteiger partial charge in [-0.3, -0.25) is 28.4 Å². The van der Waals surface area contributed by atoms with E-state index >= 15 is 0 Å². The van der Waals surface area contributed by atoms with Crippen LogP contribution in [0.25, 0.3) is 46.4 Å². The minimum absolute atomic E-state index is 0.00125. The number of aryl methyl sites for hydroxylation is 1. The zero-order valence-electron chi connectivity index (χ0n) is 71.5. The number of benzene rings is 4. The number of nitrogens with zero attached hydrogens (tertiary/aromatic N) is 12. The van der Waals surface area contributed by atoms with Gasteiger partial charge in [-0.15, -0.1) is 0 Å². The van der Waals surface area contributed by atoms with Crippen LogP contribution in [-0.4, -0.2) is 142 Å². The van der Waals surface area contributed by atoms with Crippen molar-refractivity contribution < 1.29 is 58.2 Å². The summed E-state index contributed by atoms with van der Waals surface area (Å²) in [6.07, 6.45) is 33.7. The largest absolute Gasteiger partial charge is 0.393 e. The number of ketones is 3. The molecule has 0 amide bonds. The second kappa shape index (κ2) is 29.8. The van der Waals surface area contributed by atoms with E-state index in [-0.39, 0.29) is 124 Å². The molecule has 6 N–H and O–H groups in total. The molecule has 22 rings (SSSR count). The van der Waals surface area contributed by atoms with Gasteiger partial charge < -0.3 is 30.6 Å². The Kier molecular flexibility index (Phi) is 19.7. The van der Waals surface area contributed by atoms with Crippen molar-refractivity contribution in [2.24, 2.45) is 85.8 Å². The molecule has 21 nitrogen and oxygen atoms in total. The van der Waals surface area contributed by atoms with E-state index in [0.29, 0.717) is 38.5 Å². The first-order chi connectivity index (χ1) is 59.3. The number of carbonyl (C=O) groups excluding carboxylic acids is 3. The SMILES string of the molecule is CC12Cc3cnn(-c4ccc(F)cc4)c3C=C1CCC1C2[C@@H](O)CC2(C)C1CC[C@]2(O)C(=O)Cn1cc(-c2ccccc2)cn1.CC12Cc3cnn(-c4ccc(F)cc4)c3C=C1CCC1C2[C@@H](O)CC2(C)C1CC[C@]2(O)C(=O)Cn1cccn1.Cc1cnn(CC(=O)[C@@]2(O)CCC3C4CCC5=Cc6c(cnn6-c6ccc(F)cc6)CC5(C)C4[C@@H](O)CC32C)c1. The van der Waals surface area contributed by atoms with Crippen LogP contribution < -0.4 is 0 Å². The fourth-order valence-corrected chi connectivity index (χ4v) is 28.3. The number of aliphatic hydroxyl groups excluding tert-OH is 3. The fourth-order valence-electron chi connectivity index (χ4n) is 28.3. The number of aromatic nitrogens is 12. The van der Waals surface area contributed by atoms with Crippen LogP contribution in [-0.2, 0) is 53.3 Å². The molecule has 21 atom stereocenters. The highest BCUT2D eigenvalue weighted by atomic mass is 19.1. The van der Waals surface area contributed by atoms with Crippen molar-refractivity contribution in [1.29, 1.82) is 0 Å². The summed E-state index contributed by atoms with van der Waals surface area (Å²) in [6, 6.07) is 30.9.